The van der Waals surface area contributed by atoms with Gasteiger partial charge in [-0.05, 0) is 43.9 Å². The molecular formula is C18H25NOS. The highest BCUT2D eigenvalue weighted by molar-refractivity contribution is 7.99. The third-order valence-corrected chi connectivity index (χ3v) is 4.32. The van der Waals surface area contributed by atoms with Gasteiger partial charge in [-0.15, -0.1) is 0 Å². The Morgan fingerprint density at radius 3 is 2.00 bits per heavy atom. The van der Waals surface area contributed by atoms with Crippen LogP contribution in [0.2, 0.25) is 0 Å². The maximum Gasteiger partial charge on any atom is 0.0692 e. The van der Waals surface area contributed by atoms with Gasteiger partial charge in [-0.2, -0.15) is 0 Å². The van der Waals surface area contributed by atoms with Crippen LogP contribution in [0.1, 0.15) is 19.4 Å². The summed E-state index contributed by atoms with van der Waals surface area (Å²) in [6, 6.07) is 18.1. The van der Waals surface area contributed by atoms with Gasteiger partial charge in [-0.25, -0.2) is 0 Å². The first kappa shape index (κ1) is 17.8. The Balaban J connectivity index is 0.000000315. The summed E-state index contributed by atoms with van der Waals surface area (Å²) in [4.78, 5) is 4.56. The van der Waals surface area contributed by atoms with E-state index in [9.17, 15) is 5.11 Å². The van der Waals surface area contributed by atoms with Crippen molar-refractivity contribution in [2.45, 2.75) is 30.2 Å². The third kappa shape index (κ3) is 6.80. The highest BCUT2D eigenvalue weighted by atomic mass is 32.2. The summed E-state index contributed by atoms with van der Waals surface area (Å²) < 4.78 is 0. The Bertz CT molecular complexity index is 498. The molecule has 0 saturated carbocycles. The Morgan fingerprint density at radius 1 is 0.905 bits per heavy atom. The van der Waals surface area contributed by atoms with Crippen molar-refractivity contribution < 1.29 is 5.11 Å². The molecule has 0 atom stereocenters. The van der Waals surface area contributed by atoms with Crippen molar-refractivity contribution in [2.24, 2.45) is 0 Å². The molecule has 0 aliphatic rings. The minimum atomic E-state index is 0.0933. The average molecular weight is 303 g/mol. The van der Waals surface area contributed by atoms with Gasteiger partial charge in [0.15, 0.2) is 0 Å². The SMILES string of the molecule is CCN(C)CC.OCc1ccccc1Sc1ccccc1. The molecule has 0 fully saturated rings. The standard InChI is InChI=1S/C13H12OS.C5H13N/c14-10-11-6-4-5-9-13(11)15-12-7-2-1-3-8-12;1-4-6(3)5-2/h1-9,14H,10H2;4-5H2,1-3H3. The number of hydrogen-bond acceptors (Lipinski definition) is 3. The van der Waals surface area contributed by atoms with Crippen LogP contribution in [0.5, 0.6) is 0 Å². The molecule has 0 bridgehead atoms. The molecule has 21 heavy (non-hydrogen) atoms. The zero-order chi connectivity index (χ0) is 15.5. The summed E-state index contributed by atoms with van der Waals surface area (Å²) >= 11 is 1.68. The van der Waals surface area contributed by atoms with Crippen molar-refractivity contribution in [1.82, 2.24) is 4.90 Å². The number of aliphatic hydroxyl groups is 1. The quantitative estimate of drug-likeness (QED) is 0.891. The van der Waals surface area contributed by atoms with E-state index in [1.54, 1.807) is 11.8 Å². The molecule has 0 spiro atoms. The first-order valence-corrected chi connectivity index (χ1v) is 8.13. The highest BCUT2D eigenvalue weighted by Crippen LogP contribution is 2.29. The zero-order valence-electron chi connectivity index (χ0n) is 13.1. The van der Waals surface area contributed by atoms with Crippen molar-refractivity contribution in [1.29, 1.82) is 0 Å². The first-order chi connectivity index (χ1) is 10.2. The lowest BCUT2D eigenvalue weighted by atomic mass is 10.2. The van der Waals surface area contributed by atoms with Gasteiger partial charge < -0.3 is 10.0 Å². The maximum absolute atomic E-state index is 9.18. The lowest BCUT2D eigenvalue weighted by Crippen LogP contribution is -2.15. The first-order valence-electron chi connectivity index (χ1n) is 7.31. The molecule has 0 saturated heterocycles. The van der Waals surface area contributed by atoms with Gasteiger partial charge in [0.25, 0.3) is 0 Å². The molecule has 0 aromatic heterocycles. The van der Waals surface area contributed by atoms with Crippen LogP contribution < -0.4 is 0 Å². The molecule has 0 unspecified atom stereocenters. The molecule has 2 nitrogen and oxygen atoms in total. The van der Waals surface area contributed by atoms with Gasteiger partial charge in [-0.3, -0.25) is 0 Å². The second-order valence-electron chi connectivity index (χ2n) is 4.67. The fourth-order valence-electron chi connectivity index (χ4n) is 1.57. The molecule has 0 amide bonds. The van der Waals surface area contributed by atoms with Crippen LogP contribution in [0.3, 0.4) is 0 Å². The van der Waals surface area contributed by atoms with Gasteiger partial charge in [0.1, 0.15) is 0 Å². The Hall–Kier alpha value is -1.29. The molecule has 0 radical (unpaired) electrons. The molecular weight excluding hydrogens is 278 g/mol. The van der Waals surface area contributed by atoms with Gasteiger partial charge >= 0.3 is 0 Å². The lowest BCUT2D eigenvalue weighted by Gasteiger charge is -2.07. The van der Waals surface area contributed by atoms with E-state index < -0.39 is 0 Å². The van der Waals surface area contributed by atoms with Crippen molar-refractivity contribution in [3.8, 4) is 0 Å². The van der Waals surface area contributed by atoms with E-state index in [-0.39, 0.29) is 6.61 Å². The summed E-state index contributed by atoms with van der Waals surface area (Å²) in [7, 11) is 2.11. The van der Waals surface area contributed by atoms with E-state index in [1.165, 1.54) is 4.90 Å². The van der Waals surface area contributed by atoms with Gasteiger partial charge in [0.05, 0.1) is 6.61 Å². The third-order valence-electron chi connectivity index (χ3n) is 3.19. The monoisotopic (exact) mass is 303 g/mol. The summed E-state index contributed by atoms with van der Waals surface area (Å²) in [6.07, 6.45) is 0. The molecule has 2 aromatic carbocycles. The highest BCUT2D eigenvalue weighted by Gasteiger charge is 2.01. The predicted octanol–water partition coefficient (Wildman–Crippen LogP) is 4.29. The van der Waals surface area contributed by atoms with Crippen molar-refractivity contribution in [3.05, 3.63) is 60.2 Å². The summed E-state index contributed by atoms with van der Waals surface area (Å²) in [5, 5.41) is 9.18. The fourth-order valence-corrected chi connectivity index (χ4v) is 2.53. The number of aliphatic hydroxyl groups excluding tert-OH is 1. The minimum Gasteiger partial charge on any atom is -0.392 e. The molecule has 114 valence electrons. The number of benzene rings is 2. The van der Waals surface area contributed by atoms with Gasteiger partial charge in [0.2, 0.25) is 0 Å². The minimum absolute atomic E-state index is 0.0933. The molecule has 2 rings (SSSR count). The van der Waals surface area contributed by atoms with E-state index in [4.69, 9.17) is 0 Å². The van der Waals surface area contributed by atoms with Crippen molar-refractivity contribution in [3.63, 3.8) is 0 Å². The van der Waals surface area contributed by atoms with Crippen LogP contribution in [0.15, 0.2) is 64.4 Å². The van der Waals surface area contributed by atoms with Crippen molar-refractivity contribution in [2.75, 3.05) is 20.1 Å². The van der Waals surface area contributed by atoms with Crippen LogP contribution >= 0.6 is 11.8 Å². The van der Waals surface area contributed by atoms with E-state index in [0.29, 0.717) is 0 Å². The Morgan fingerprint density at radius 2 is 1.48 bits per heavy atom. The maximum atomic E-state index is 9.18. The van der Waals surface area contributed by atoms with E-state index in [2.05, 4.69) is 37.9 Å². The lowest BCUT2D eigenvalue weighted by molar-refractivity contribution is 0.279. The molecule has 1 N–H and O–H groups in total. The van der Waals surface area contributed by atoms with Crippen LogP contribution in [-0.2, 0) is 6.61 Å². The van der Waals surface area contributed by atoms with Gasteiger partial charge in [-0.1, -0.05) is 62.0 Å². The molecule has 3 heteroatoms. The molecule has 0 aliphatic carbocycles. The molecule has 0 heterocycles. The zero-order valence-corrected chi connectivity index (χ0v) is 13.9. The second kappa shape index (κ2) is 10.4. The van der Waals surface area contributed by atoms with Crippen molar-refractivity contribution >= 4 is 11.8 Å². The summed E-state index contributed by atoms with van der Waals surface area (Å²) in [5.74, 6) is 0. The topological polar surface area (TPSA) is 23.5 Å². The van der Waals surface area contributed by atoms with Gasteiger partial charge in [0, 0.05) is 9.79 Å². The van der Waals surface area contributed by atoms with Crippen LogP contribution in [-0.4, -0.2) is 30.1 Å². The Kier molecular flexibility index (Phi) is 8.83. The smallest absolute Gasteiger partial charge is 0.0692 e. The van der Waals surface area contributed by atoms with Crippen LogP contribution in [0.4, 0.5) is 0 Å². The summed E-state index contributed by atoms with van der Waals surface area (Å²) in [5.41, 5.74) is 0.978. The normalized spacial score (nSPS) is 10.1. The largest absolute Gasteiger partial charge is 0.392 e. The average Bonchev–Trinajstić information content (AvgIpc) is 2.56. The Labute approximate surface area is 132 Å². The van der Waals surface area contributed by atoms with Crippen LogP contribution in [0, 0.1) is 0 Å². The summed E-state index contributed by atoms with van der Waals surface area (Å²) in [6.45, 7) is 6.73. The predicted molar refractivity (Wildman–Crippen MR) is 91.8 cm³/mol. The van der Waals surface area contributed by atoms with E-state index in [0.717, 1.165) is 23.5 Å². The van der Waals surface area contributed by atoms with E-state index in [1.807, 2.05) is 42.5 Å². The fraction of sp³-hybridized carbons (Fsp3) is 0.333. The van der Waals surface area contributed by atoms with Crippen LogP contribution in [0.25, 0.3) is 0 Å². The number of rotatable bonds is 5. The molecule has 0 aliphatic heterocycles. The number of nitrogens with zero attached hydrogens (tertiary/aromatic N) is 1. The van der Waals surface area contributed by atoms with E-state index >= 15 is 0 Å². The number of hydrogen-bond donors (Lipinski definition) is 1. The molecule has 2 aromatic rings. The second-order valence-corrected chi connectivity index (χ2v) is 5.78.